The summed E-state index contributed by atoms with van der Waals surface area (Å²) in [6.07, 6.45) is 0.884. The lowest BCUT2D eigenvalue weighted by atomic mass is 9.93. The van der Waals surface area contributed by atoms with Crippen molar-refractivity contribution in [2.75, 3.05) is 38.0 Å². The molecule has 1 aromatic heterocycles. The van der Waals surface area contributed by atoms with Crippen molar-refractivity contribution in [3.8, 4) is 0 Å². The summed E-state index contributed by atoms with van der Waals surface area (Å²) < 4.78 is 14.1. The van der Waals surface area contributed by atoms with E-state index < -0.39 is 0 Å². The van der Waals surface area contributed by atoms with E-state index in [1.165, 1.54) is 10.9 Å². The third-order valence-electron chi connectivity index (χ3n) is 7.11. The van der Waals surface area contributed by atoms with Crippen LogP contribution in [0.25, 0.3) is 0 Å². The van der Waals surface area contributed by atoms with Gasteiger partial charge >= 0.3 is 6.03 Å². The van der Waals surface area contributed by atoms with E-state index in [-0.39, 0.29) is 36.4 Å². The minimum Gasteiger partial charge on any atom is -0.338 e. The molecule has 2 aliphatic heterocycles. The second kappa shape index (κ2) is 10.4. The molecule has 5 rings (SSSR count). The first kappa shape index (κ1) is 24.5. The normalized spacial score (nSPS) is 20.2. The third-order valence-corrected chi connectivity index (χ3v) is 8.11. The molecule has 3 heterocycles. The third kappa shape index (κ3) is 5.15. The summed E-state index contributed by atoms with van der Waals surface area (Å²) in [4.78, 5) is 33.4. The largest absolute Gasteiger partial charge is 0.338 e. The van der Waals surface area contributed by atoms with Gasteiger partial charge in [0.1, 0.15) is 5.82 Å². The summed E-state index contributed by atoms with van der Waals surface area (Å²) in [5, 5.41) is 5.03. The number of nitrogens with one attached hydrogen (secondary N) is 1. The first-order valence-corrected chi connectivity index (χ1v) is 13.2. The zero-order valence-corrected chi connectivity index (χ0v) is 21.4. The summed E-state index contributed by atoms with van der Waals surface area (Å²) in [5.74, 6) is -0.226. The molecule has 8 heteroatoms. The summed E-state index contributed by atoms with van der Waals surface area (Å²) in [7, 11) is 0. The topological polar surface area (TPSA) is 55.9 Å². The van der Waals surface area contributed by atoms with Crippen LogP contribution in [-0.4, -0.2) is 65.4 Å². The molecule has 2 aromatic carbocycles. The average molecular weight is 507 g/mol. The molecular weight excluding hydrogens is 475 g/mol. The zero-order chi connectivity index (χ0) is 25.2. The van der Waals surface area contributed by atoms with Crippen LogP contribution < -0.4 is 5.32 Å². The number of urea groups is 1. The molecule has 188 valence electrons. The Labute approximate surface area is 215 Å². The van der Waals surface area contributed by atoms with Gasteiger partial charge in [-0.25, -0.2) is 9.18 Å². The highest BCUT2D eigenvalue weighted by atomic mass is 32.1. The molecule has 3 aromatic rings. The molecule has 2 atom stereocenters. The van der Waals surface area contributed by atoms with Crippen LogP contribution in [0.15, 0.2) is 60.0 Å². The van der Waals surface area contributed by atoms with Crippen LogP contribution in [0.2, 0.25) is 0 Å². The van der Waals surface area contributed by atoms with Gasteiger partial charge in [-0.1, -0.05) is 29.8 Å². The zero-order valence-electron chi connectivity index (χ0n) is 20.6. The number of thiophene rings is 1. The van der Waals surface area contributed by atoms with Crippen LogP contribution in [0.3, 0.4) is 0 Å². The van der Waals surface area contributed by atoms with Crippen molar-refractivity contribution >= 4 is 29.0 Å². The minimum absolute atomic E-state index is 0.0422. The number of hydrogen-bond acceptors (Lipinski definition) is 4. The van der Waals surface area contributed by atoms with E-state index in [4.69, 9.17) is 0 Å². The van der Waals surface area contributed by atoms with E-state index in [0.717, 1.165) is 35.3 Å². The number of hydrogen-bond donors (Lipinski definition) is 1. The van der Waals surface area contributed by atoms with E-state index in [1.807, 2.05) is 49.1 Å². The number of carbonyl (C=O) groups excluding carboxylic acids is 2. The van der Waals surface area contributed by atoms with Crippen molar-refractivity contribution < 1.29 is 14.0 Å². The Balaban J connectivity index is 1.24. The number of amides is 3. The summed E-state index contributed by atoms with van der Waals surface area (Å²) in [6.45, 7) is 6.45. The molecule has 1 fully saturated rings. The lowest BCUT2D eigenvalue weighted by Crippen LogP contribution is -2.58. The van der Waals surface area contributed by atoms with Gasteiger partial charge in [0.15, 0.2) is 0 Å². The number of anilines is 1. The average Bonchev–Trinajstić information content (AvgIpc) is 3.34. The van der Waals surface area contributed by atoms with E-state index in [0.29, 0.717) is 19.6 Å². The molecule has 1 N–H and O–H groups in total. The second-order valence-electron chi connectivity index (χ2n) is 9.66. The molecule has 0 saturated carbocycles. The van der Waals surface area contributed by atoms with E-state index in [9.17, 15) is 14.0 Å². The van der Waals surface area contributed by atoms with Crippen LogP contribution in [0.4, 0.5) is 14.9 Å². The fourth-order valence-electron chi connectivity index (χ4n) is 5.20. The summed E-state index contributed by atoms with van der Waals surface area (Å²) >= 11 is 1.72. The molecule has 0 unspecified atom stereocenters. The number of halogens is 1. The van der Waals surface area contributed by atoms with Crippen LogP contribution in [0.1, 0.15) is 34.5 Å². The smallest absolute Gasteiger partial charge is 0.322 e. The Morgan fingerprint density at radius 3 is 2.64 bits per heavy atom. The maximum atomic E-state index is 14.1. The number of carbonyl (C=O) groups is 2. The number of rotatable bonds is 4. The van der Waals surface area contributed by atoms with Crippen molar-refractivity contribution in [2.45, 2.75) is 32.4 Å². The Bertz CT molecular complexity index is 1240. The van der Waals surface area contributed by atoms with Crippen LogP contribution in [0.5, 0.6) is 0 Å². The van der Waals surface area contributed by atoms with E-state index in [1.54, 1.807) is 28.4 Å². The Kier molecular flexibility index (Phi) is 7.07. The van der Waals surface area contributed by atoms with Crippen molar-refractivity contribution in [1.29, 1.82) is 0 Å². The van der Waals surface area contributed by atoms with Gasteiger partial charge in [-0.05, 0) is 67.1 Å². The van der Waals surface area contributed by atoms with Crippen molar-refractivity contribution in [3.05, 3.63) is 87.4 Å². The first-order valence-electron chi connectivity index (χ1n) is 12.4. The predicted octanol–water partition coefficient (Wildman–Crippen LogP) is 4.91. The van der Waals surface area contributed by atoms with Gasteiger partial charge in [-0.3, -0.25) is 9.69 Å². The predicted molar refractivity (Wildman–Crippen MR) is 141 cm³/mol. The molecule has 36 heavy (non-hydrogen) atoms. The highest BCUT2D eigenvalue weighted by molar-refractivity contribution is 7.10. The Hall–Kier alpha value is -3.23. The van der Waals surface area contributed by atoms with Crippen LogP contribution >= 0.6 is 11.3 Å². The minimum atomic E-state index is -0.269. The highest BCUT2D eigenvalue weighted by Crippen LogP contribution is 2.37. The number of fused-ring (bicyclic) bond motifs is 1. The number of nitrogens with zero attached hydrogens (tertiary/aromatic N) is 3. The van der Waals surface area contributed by atoms with Crippen molar-refractivity contribution in [3.63, 3.8) is 0 Å². The molecule has 0 aliphatic carbocycles. The molecule has 0 spiro atoms. The van der Waals surface area contributed by atoms with Gasteiger partial charge in [0.2, 0.25) is 5.91 Å². The maximum Gasteiger partial charge on any atom is 0.322 e. The van der Waals surface area contributed by atoms with Crippen molar-refractivity contribution in [2.24, 2.45) is 0 Å². The van der Waals surface area contributed by atoms with Crippen molar-refractivity contribution in [1.82, 2.24) is 14.7 Å². The summed E-state index contributed by atoms with van der Waals surface area (Å²) in [5.41, 5.74) is 3.93. The highest BCUT2D eigenvalue weighted by Gasteiger charge is 2.34. The SMILES string of the molecule is Cc1ccc(NC(=O)N2CCN(C(=O)CN3CCc4sccc4[C@H]3c3cccc(F)c3)C[C@@H]2C)cc1. The molecule has 1 saturated heterocycles. The standard InChI is InChI=1S/C28H31FN4O2S/c1-19-6-8-23(9-7-19)30-28(35)33-14-13-31(17-20(33)2)26(34)18-32-12-10-25-24(11-15-36-25)27(32)21-4-3-5-22(29)16-21/h3-9,11,15-16,20,27H,10,12-14,17-18H2,1-2H3,(H,30,35)/t20-,27+/m0/s1. The van der Waals surface area contributed by atoms with Gasteiger partial charge in [-0.2, -0.15) is 0 Å². The van der Waals surface area contributed by atoms with Crippen LogP contribution in [0, 0.1) is 12.7 Å². The first-order chi connectivity index (χ1) is 17.4. The summed E-state index contributed by atoms with van der Waals surface area (Å²) in [6, 6.07) is 16.1. The van der Waals surface area contributed by atoms with Gasteiger partial charge < -0.3 is 15.1 Å². The Morgan fingerprint density at radius 2 is 1.89 bits per heavy atom. The van der Waals surface area contributed by atoms with Gasteiger partial charge in [0, 0.05) is 42.8 Å². The molecule has 6 nitrogen and oxygen atoms in total. The number of benzene rings is 2. The Morgan fingerprint density at radius 1 is 1.08 bits per heavy atom. The fourth-order valence-corrected chi connectivity index (χ4v) is 6.10. The molecular formula is C28H31FN4O2S. The molecule has 3 amide bonds. The quantitative estimate of drug-likeness (QED) is 0.547. The second-order valence-corrected chi connectivity index (χ2v) is 10.7. The van der Waals surface area contributed by atoms with Crippen LogP contribution in [-0.2, 0) is 11.2 Å². The van der Waals surface area contributed by atoms with Gasteiger partial charge in [0.05, 0.1) is 12.6 Å². The monoisotopic (exact) mass is 506 g/mol. The lowest BCUT2D eigenvalue weighted by molar-refractivity contribution is -0.135. The fraction of sp³-hybridized carbons (Fsp3) is 0.357. The lowest BCUT2D eigenvalue weighted by Gasteiger charge is -2.41. The number of piperazine rings is 1. The molecule has 2 aliphatic rings. The van der Waals surface area contributed by atoms with E-state index >= 15 is 0 Å². The molecule has 0 bridgehead atoms. The maximum absolute atomic E-state index is 14.1. The number of aryl methyl sites for hydroxylation is 1. The van der Waals surface area contributed by atoms with Gasteiger partial charge in [-0.15, -0.1) is 11.3 Å². The van der Waals surface area contributed by atoms with Gasteiger partial charge in [0.25, 0.3) is 0 Å². The molecule has 0 radical (unpaired) electrons. The van der Waals surface area contributed by atoms with E-state index in [2.05, 4.69) is 21.7 Å².